The molecule has 1 aromatic rings. The van der Waals surface area contributed by atoms with Crippen LogP contribution < -0.4 is 0 Å². The highest BCUT2D eigenvalue weighted by molar-refractivity contribution is 9.10. The molecule has 0 aliphatic rings. The van der Waals surface area contributed by atoms with E-state index in [1.807, 2.05) is 0 Å². The molecule has 1 rings (SSSR count). The van der Waals surface area contributed by atoms with Gasteiger partial charge in [-0.3, -0.25) is 0 Å². The zero-order valence-electron chi connectivity index (χ0n) is 8.50. The summed E-state index contributed by atoms with van der Waals surface area (Å²) >= 11 is 9.22. The molecule has 0 saturated heterocycles. The molecule has 0 fully saturated rings. The molecule has 0 radical (unpaired) electrons. The number of sulfone groups is 1. The Labute approximate surface area is 104 Å². The predicted octanol–water partition coefficient (Wildman–Crippen LogP) is 3.43. The molecule has 0 heterocycles. The maximum Gasteiger partial charge on any atom is 0.156 e. The van der Waals surface area contributed by atoms with Gasteiger partial charge >= 0.3 is 0 Å². The highest BCUT2D eigenvalue weighted by atomic mass is 79.9. The van der Waals surface area contributed by atoms with Crippen LogP contribution in [0.2, 0.25) is 5.02 Å². The summed E-state index contributed by atoms with van der Waals surface area (Å²) in [7, 11) is -3.09. The van der Waals surface area contributed by atoms with Gasteiger partial charge in [-0.2, -0.15) is 0 Å². The summed E-state index contributed by atoms with van der Waals surface area (Å²) in [5.41, 5.74) is 0.647. The van der Waals surface area contributed by atoms with E-state index in [0.29, 0.717) is 10.6 Å². The molecule has 0 aliphatic heterocycles. The van der Waals surface area contributed by atoms with Crippen LogP contribution in [0.5, 0.6) is 0 Å². The normalized spacial score (nSPS) is 12.1. The average molecular weight is 312 g/mol. The Balaban J connectivity index is 3.01. The first-order chi connectivity index (χ1) is 6.83. The van der Waals surface area contributed by atoms with Gasteiger partial charge in [0.1, 0.15) is 0 Å². The van der Waals surface area contributed by atoms with Crippen molar-refractivity contribution in [2.24, 2.45) is 0 Å². The molecule has 0 bridgehead atoms. The minimum absolute atomic E-state index is 0.00319. The fourth-order valence-corrected chi connectivity index (χ4v) is 2.86. The number of rotatable bonds is 3. The van der Waals surface area contributed by atoms with Gasteiger partial charge in [0, 0.05) is 9.50 Å². The summed E-state index contributed by atoms with van der Waals surface area (Å²) in [6.45, 7) is 3.34. The summed E-state index contributed by atoms with van der Waals surface area (Å²) in [5.74, 6) is -0.00319. The van der Waals surface area contributed by atoms with E-state index in [1.165, 1.54) is 0 Å². The standard InChI is InChI=1S/C10H12BrClO2S/c1-7(2)15(13,14)6-8-3-4-9(11)5-10(8)12/h3-5,7H,6H2,1-2H3. The maximum atomic E-state index is 11.7. The first kappa shape index (κ1) is 13.0. The largest absolute Gasteiger partial charge is 0.228 e. The molecular weight excluding hydrogens is 300 g/mol. The number of hydrogen-bond donors (Lipinski definition) is 0. The van der Waals surface area contributed by atoms with Gasteiger partial charge in [-0.1, -0.05) is 33.6 Å². The van der Waals surface area contributed by atoms with Crippen LogP contribution in [-0.4, -0.2) is 13.7 Å². The smallest absolute Gasteiger partial charge is 0.156 e. The number of hydrogen-bond acceptors (Lipinski definition) is 2. The van der Waals surface area contributed by atoms with E-state index >= 15 is 0 Å². The lowest BCUT2D eigenvalue weighted by Crippen LogP contribution is -2.16. The Morgan fingerprint density at radius 3 is 2.47 bits per heavy atom. The minimum atomic E-state index is -3.09. The average Bonchev–Trinajstić information content (AvgIpc) is 2.09. The third-order valence-electron chi connectivity index (χ3n) is 2.09. The SMILES string of the molecule is CC(C)S(=O)(=O)Cc1ccc(Br)cc1Cl. The zero-order valence-corrected chi connectivity index (χ0v) is 11.7. The Kier molecular flexibility index (Phi) is 4.20. The van der Waals surface area contributed by atoms with Gasteiger partial charge in [0.15, 0.2) is 9.84 Å². The summed E-state index contributed by atoms with van der Waals surface area (Å²) in [4.78, 5) is 0. The Bertz CT molecular complexity index is 454. The predicted molar refractivity (Wildman–Crippen MR) is 66.9 cm³/mol. The van der Waals surface area contributed by atoms with Crippen LogP contribution in [-0.2, 0) is 15.6 Å². The van der Waals surface area contributed by atoms with Crippen molar-refractivity contribution in [3.05, 3.63) is 33.3 Å². The highest BCUT2D eigenvalue weighted by Gasteiger charge is 2.18. The quantitative estimate of drug-likeness (QED) is 0.857. The Hall–Kier alpha value is -0.0600. The van der Waals surface area contributed by atoms with E-state index in [-0.39, 0.29) is 11.0 Å². The van der Waals surface area contributed by atoms with Crippen LogP contribution in [0, 0.1) is 0 Å². The Morgan fingerprint density at radius 2 is 2.00 bits per heavy atom. The van der Waals surface area contributed by atoms with Crippen molar-refractivity contribution in [1.82, 2.24) is 0 Å². The number of benzene rings is 1. The van der Waals surface area contributed by atoms with Gasteiger partial charge in [-0.05, 0) is 31.5 Å². The molecule has 1 aromatic carbocycles. The lowest BCUT2D eigenvalue weighted by atomic mass is 10.2. The highest BCUT2D eigenvalue weighted by Crippen LogP contribution is 2.24. The van der Waals surface area contributed by atoms with Gasteiger partial charge in [0.05, 0.1) is 11.0 Å². The monoisotopic (exact) mass is 310 g/mol. The lowest BCUT2D eigenvalue weighted by molar-refractivity contribution is 0.586. The molecule has 0 aliphatic carbocycles. The molecule has 0 atom stereocenters. The van der Waals surface area contributed by atoms with Crippen molar-refractivity contribution in [2.75, 3.05) is 0 Å². The molecule has 0 aromatic heterocycles. The maximum absolute atomic E-state index is 11.7. The Morgan fingerprint density at radius 1 is 1.40 bits per heavy atom. The van der Waals surface area contributed by atoms with E-state index < -0.39 is 9.84 Å². The molecule has 5 heteroatoms. The number of halogens is 2. The molecule has 0 unspecified atom stereocenters. The first-order valence-corrected chi connectivity index (χ1v) is 7.37. The van der Waals surface area contributed by atoms with E-state index in [2.05, 4.69) is 15.9 Å². The van der Waals surface area contributed by atoms with Crippen LogP contribution >= 0.6 is 27.5 Å². The summed E-state index contributed by atoms with van der Waals surface area (Å²) in [6.07, 6.45) is 0. The third kappa shape index (κ3) is 3.47. The van der Waals surface area contributed by atoms with Gasteiger partial charge in [0.25, 0.3) is 0 Å². The topological polar surface area (TPSA) is 34.1 Å². The zero-order chi connectivity index (χ0) is 11.6. The summed E-state index contributed by atoms with van der Waals surface area (Å²) in [6, 6.07) is 5.22. The van der Waals surface area contributed by atoms with Crippen LogP contribution in [0.4, 0.5) is 0 Å². The molecule has 0 N–H and O–H groups in total. The van der Waals surface area contributed by atoms with Crippen molar-refractivity contribution in [3.63, 3.8) is 0 Å². The van der Waals surface area contributed by atoms with E-state index in [4.69, 9.17) is 11.6 Å². The van der Waals surface area contributed by atoms with Crippen LogP contribution in [0.1, 0.15) is 19.4 Å². The first-order valence-electron chi connectivity index (χ1n) is 4.48. The summed E-state index contributed by atoms with van der Waals surface area (Å²) < 4.78 is 24.2. The molecule has 15 heavy (non-hydrogen) atoms. The second kappa shape index (κ2) is 4.85. The van der Waals surface area contributed by atoms with E-state index in [0.717, 1.165) is 4.47 Å². The van der Waals surface area contributed by atoms with Gasteiger partial charge < -0.3 is 0 Å². The van der Waals surface area contributed by atoms with Gasteiger partial charge in [0.2, 0.25) is 0 Å². The molecule has 0 spiro atoms. The summed E-state index contributed by atoms with van der Waals surface area (Å²) in [5, 5.41) is 0.103. The van der Waals surface area contributed by atoms with Crippen molar-refractivity contribution in [3.8, 4) is 0 Å². The molecule has 2 nitrogen and oxygen atoms in total. The fraction of sp³-hybridized carbons (Fsp3) is 0.400. The molecule has 0 saturated carbocycles. The van der Waals surface area contributed by atoms with E-state index in [9.17, 15) is 8.42 Å². The van der Waals surface area contributed by atoms with Crippen molar-refractivity contribution in [1.29, 1.82) is 0 Å². The van der Waals surface area contributed by atoms with Gasteiger partial charge in [-0.15, -0.1) is 0 Å². The molecular formula is C10H12BrClO2S. The van der Waals surface area contributed by atoms with Crippen molar-refractivity contribution in [2.45, 2.75) is 24.9 Å². The minimum Gasteiger partial charge on any atom is -0.228 e. The van der Waals surface area contributed by atoms with Crippen LogP contribution in [0.3, 0.4) is 0 Å². The van der Waals surface area contributed by atoms with Crippen molar-refractivity contribution >= 4 is 37.4 Å². The second-order valence-electron chi connectivity index (χ2n) is 3.59. The third-order valence-corrected chi connectivity index (χ3v) is 5.08. The molecule has 84 valence electrons. The van der Waals surface area contributed by atoms with E-state index in [1.54, 1.807) is 32.0 Å². The molecule has 0 amide bonds. The fourth-order valence-electron chi connectivity index (χ4n) is 1.02. The lowest BCUT2D eigenvalue weighted by Gasteiger charge is -2.09. The second-order valence-corrected chi connectivity index (χ2v) is 7.47. The van der Waals surface area contributed by atoms with Crippen LogP contribution in [0.25, 0.3) is 0 Å². The van der Waals surface area contributed by atoms with Crippen LogP contribution in [0.15, 0.2) is 22.7 Å². The van der Waals surface area contributed by atoms with Gasteiger partial charge in [-0.25, -0.2) is 8.42 Å². The van der Waals surface area contributed by atoms with Crippen molar-refractivity contribution < 1.29 is 8.42 Å².